The monoisotopic (exact) mass is 443 g/mol. The van der Waals surface area contributed by atoms with Crippen LogP contribution in [-0.2, 0) is 26.2 Å². The Morgan fingerprint density at radius 1 is 1.23 bits per heavy atom. The molecule has 0 unspecified atom stereocenters. The molecule has 1 atom stereocenters. The number of nitrogens with zero attached hydrogens (tertiary/aromatic N) is 1. The molecule has 164 valence electrons. The molecule has 2 aliphatic heterocycles. The third kappa shape index (κ3) is 4.28. The molecule has 0 spiro atoms. The van der Waals surface area contributed by atoms with E-state index >= 15 is 0 Å². The van der Waals surface area contributed by atoms with Crippen molar-refractivity contribution in [2.24, 2.45) is 0 Å². The minimum atomic E-state index is -3.92. The number of carbonyl (C=O) groups is 2. The number of rotatable bonds is 5. The van der Waals surface area contributed by atoms with Gasteiger partial charge in [-0.1, -0.05) is 29.8 Å². The van der Waals surface area contributed by atoms with Crippen LogP contribution in [0.25, 0.3) is 0 Å². The number of ether oxygens (including phenoxy) is 1. The van der Waals surface area contributed by atoms with E-state index in [1.807, 2.05) is 31.2 Å². The van der Waals surface area contributed by atoms with E-state index < -0.39 is 16.1 Å². The summed E-state index contributed by atoms with van der Waals surface area (Å²) in [5, 5.41) is 5.54. The first-order valence-corrected chi connectivity index (χ1v) is 11.6. The Morgan fingerprint density at radius 3 is 2.71 bits per heavy atom. The van der Waals surface area contributed by atoms with Crippen LogP contribution in [0.5, 0.6) is 5.75 Å². The van der Waals surface area contributed by atoms with E-state index in [-0.39, 0.29) is 29.9 Å². The van der Waals surface area contributed by atoms with Crippen LogP contribution < -0.4 is 15.4 Å². The number of anilines is 1. The SMILES string of the molecule is Cc1ccc(CNC(=O)[C@@H]2CCCN2S(=O)(=O)c2cc3c(cc2C)NC(=O)CO3)cc1. The van der Waals surface area contributed by atoms with Gasteiger partial charge in [0.2, 0.25) is 15.9 Å². The predicted octanol–water partition coefficient (Wildman–Crippen LogP) is 2.10. The molecule has 1 saturated heterocycles. The number of aryl methyl sites for hydroxylation is 2. The number of fused-ring (bicyclic) bond motifs is 1. The van der Waals surface area contributed by atoms with Crippen molar-refractivity contribution < 1.29 is 22.7 Å². The minimum absolute atomic E-state index is 0.0839. The third-order valence-electron chi connectivity index (χ3n) is 5.59. The molecule has 1 fully saturated rings. The molecular formula is C22H25N3O5S. The van der Waals surface area contributed by atoms with Crippen LogP contribution in [0.1, 0.15) is 29.5 Å². The van der Waals surface area contributed by atoms with Crippen molar-refractivity contribution in [2.75, 3.05) is 18.5 Å². The van der Waals surface area contributed by atoms with E-state index in [0.717, 1.165) is 11.1 Å². The van der Waals surface area contributed by atoms with Gasteiger partial charge in [0.05, 0.1) is 10.6 Å². The Hall–Kier alpha value is -2.91. The molecule has 2 aromatic rings. The molecule has 2 amide bonds. The molecular weight excluding hydrogens is 418 g/mol. The second kappa shape index (κ2) is 8.32. The Morgan fingerprint density at radius 2 is 1.97 bits per heavy atom. The molecule has 2 heterocycles. The fourth-order valence-corrected chi connectivity index (χ4v) is 5.80. The van der Waals surface area contributed by atoms with Crippen LogP contribution in [0.4, 0.5) is 5.69 Å². The Bertz CT molecular complexity index is 1130. The normalized spacial score (nSPS) is 18.8. The molecule has 31 heavy (non-hydrogen) atoms. The van der Waals surface area contributed by atoms with Crippen molar-refractivity contribution in [1.29, 1.82) is 0 Å². The summed E-state index contributed by atoms with van der Waals surface area (Å²) in [5.74, 6) is -0.281. The molecule has 0 saturated carbocycles. The molecule has 2 N–H and O–H groups in total. The largest absolute Gasteiger partial charge is 0.482 e. The zero-order valence-electron chi connectivity index (χ0n) is 17.5. The molecule has 2 aromatic carbocycles. The lowest BCUT2D eigenvalue weighted by Crippen LogP contribution is -2.45. The molecule has 4 rings (SSSR count). The quantitative estimate of drug-likeness (QED) is 0.736. The van der Waals surface area contributed by atoms with Gasteiger partial charge in [-0.25, -0.2) is 8.42 Å². The molecule has 0 aliphatic carbocycles. The first-order valence-electron chi connectivity index (χ1n) is 10.2. The highest BCUT2D eigenvalue weighted by Crippen LogP contribution is 2.36. The second-order valence-electron chi connectivity index (χ2n) is 7.93. The van der Waals surface area contributed by atoms with Crippen molar-refractivity contribution in [3.8, 4) is 5.75 Å². The summed E-state index contributed by atoms with van der Waals surface area (Å²) in [6.45, 7) is 4.11. The van der Waals surface area contributed by atoms with E-state index in [4.69, 9.17) is 4.74 Å². The Balaban J connectivity index is 1.54. The van der Waals surface area contributed by atoms with E-state index in [1.54, 1.807) is 13.0 Å². The number of carbonyl (C=O) groups excluding carboxylic acids is 2. The van der Waals surface area contributed by atoms with Crippen LogP contribution in [0.3, 0.4) is 0 Å². The van der Waals surface area contributed by atoms with Crippen molar-refractivity contribution in [1.82, 2.24) is 9.62 Å². The minimum Gasteiger partial charge on any atom is -0.482 e. The standard InChI is InChI=1S/C22H25N3O5S/c1-14-5-7-16(8-6-14)12-23-22(27)18-4-3-9-25(18)31(28,29)20-11-19-17(10-15(20)2)24-21(26)13-30-19/h5-8,10-11,18H,3-4,9,12-13H2,1-2H3,(H,23,27)(H,24,26)/t18-/m0/s1. The zero-order valence-corrected chi connectivity index (χ0v) is 18.3. The summed E-state index contributed by atoms with van der Waals surface area (Å²) < 4.78 is 33.5. The molecule has 9 heteroatoms. The van der Waals surface area contributed by atoms with Gasteiger partial charge in [-0.2, -0.15) is 4.31 Å². The first-order chi connectivity index (χ1) is 14.8. The van der Waals surface area contributed by atoms with Crippen LogP contribution >= 0.6 is 0 Å². The van der Waals surface area contributed by atoms with Gasteiger partial charge in [0, 0.05) is 19.2 Å². The van der Waals surface area contributed by atoms with Crippen LogP contribution in [0, 0.1) is 13.8 Å². The van der Waals surface area contributed by atoms with Gasteiger partial charge in [-0.3, -0.25) is 9.59 Å². The van der Waals surface area contributed by atoms with E-state index in [9.17, 15) is 18.0 Å². The van der Waals surface area contributed by atoms with E-state index in [0.29, 0.717) is 36.4 Å². The highest BCUT2D eigenvalue weighted by Gasteiger charge is 2.40. The van der Waals surface area contributed by atoms with E-state index in [1.165, 1.54) is 10.4 Å². The third-order valence-corrected chi connectivity index (χ3v) is 7.64. The van der Waals surface area contributed by atoms with Crippen LogP contribution in [0.15, 0.2) is 41.3 Å². The van der Waals surface area contributed by atoms with Crippen LogP contribution in [0.2, 0.25) is 0 Å². The maximum absolute atomic E-state index is 13.4. The summed E-state index contributed by atoms with van der Waals surface area (Å²) in [6.07, 6.45) is 1.08. The van der Waals surface area contributed by atoms with Gasteiger partial charge in [0.1, 0.15) is 11.8 Å². The number of nitrogens with one attached hydrogen (secondary N) is 2. The number of amides is 2. The van der Waals surface area contributed by atoms with Gasteiger partial charge < -0.3 is 15.4 Å². The van der Waals surface area contributed by atoms with Gasteiger partial charge >= 0.3 is 0 Å². The molecule has 0 bridgehead atoms. The van der Waals surface area contributed by atoms with Gasteiger partial charge in [0.25, 0.3) is 5.91 Å². The fraction of sp³-hybridized carbons (Fsp3) is 0.364. The number of benzene rings is 2. The van der Waals surface area contributed by atoms with Gasteiger partial charge in [0.15, 0.2) is 6.61 Å². The molecule has 0 aromatic heterocycles. The number of sulfonamides is 1. The zero-order chi connectivity index (χ0) is 22.2. The molecule has 8 nitrogen and oxygen atoms in total. The summed E-state index contributed by atoms with van der Waals surface area (Å²) in [5.41, 5.74) is 3.01. The summed E-state index contributed by atoms with van der Waals surface area (Å²) in [7, 11) is -3.92. The average Bonchev–Trinajstić information content (AvgIpc) is 3.23. The Kier molecular flexibility index (Phi) is 5.72. The maximum Gasteiger partial charge on any atom is 0.262 e. The highest BCUT2D eigenvalue weighted by atomic mass is 32.2. The van der Waals surface area contributed by atoms with Crippen LogP contribution in [-0.4, -0.2) is 43.7 Å². The van der Waals surface area contributed by atoms with E-state index in [2.05, 4.69) is 10.6 Å². The number of hydrogen-bond donors (Lipinski definition) is 2. The lowest BCUT2D eigenvalue weighted by atomic mass is 10.1. The summed E-state index contributed by atoms with van der Waals surface area (Å²) in [4.78, 5) is 24.4. The van der Waals surface area contributed by atoms with Crippen molar-refractivity contribution in [2.45, 2.75) is 44.2 Å². The average molecular weight is 444 g/mol. The van der Waals surface area contributed by atoms with Crippen molar-refractivity contribution >= 4 is 27.5 Å². The summed E-state index contributed by atoms with van der Waals surface area (Å²) >= 11 is 0. The van der Waals surface area contributed by atoms with Crippen molar-refractivity contribution in [3.63, 3.8) is 0 Å². The first kappa shape index (κ1) is 21.3. The number of hydrogen-bond acceptors (Lipinski definition) is 5. The lowest BCUT2D eigenvalue weighted by Gasteiger charge is -2.26. The fourth-order valence-electron chi connectivity index (χ4n) is 3.92. The Labute approximate surface area is 181 Å². The van der Waals surface area contributed by atoms with Crippen molar-refractivity contribution in [3.05, 3.63) is 53.1 Å². The molecule has 2 aliphatic rings. The van der Waals surface area contributed by atoms with Gasteiger partial charge in [-0.15, -0.1) is 0 Å². The van der Waals surface area contributed by atoms with Gasteiger partial charge in [-0.05, 0) is 43.9 Å². The second-order valence-corrected chi connectivity index (χ2v) is 9.79. The lowest BCUT2D eigenvalue weighted by molar-refractivity contribution is -0.124. The molecule has 0 radical (unpaired) electrons. The maximum atomic E-state index is 13.4. The smallest absolute Gasteiger partial charge is 0.262 e. The highest BCUT2D eigenvalue weighted by molar-refractivity contribution is 7.89. The predicted molar refractivity (Wildman–Crippen MR) is 115 cm³/mol. The summed E-state index contributed by atoms with van der Waals surface area (Å²) in [6, 6.07) is 10.1. The topological polar surface area (TPSA) is 105 Å².